The summed E-state index contributed by atoms with van der Waals surface area (Å²) in [4.78, 5) is 14.9. The lowest BCUT2D eigenvalue weighted by molar-refractivity contribution is 0.0703. The van der Waals surface area contributed by atoms with Crippen LogP contribution in [0.5, 0.6) is 0 Å². The molecule has 0 bridgehead atoms. The summed E-state index contributed by atoms with van der Waals surface area (Å²) in [6.45, 7) is 1.78. The first-order valence-corrected chi connectivity index (χ1v) is 9.98. The molecule has 2 aromatic heterocycles. The minimum absolute atomic E-state index is 0.220. The summed E-state index contributed by atoms with van der Waals surface area (Å²) in [5, 5.41) is 20.9. The third-order valence-electron chi connectivity index (χ3n) is 3.68. The number of nitriles is 1. The Balaban J connectivity index is 2.10. The van der Waals surface area contributed by atoms with Crippen molar-refractivity contribution in [3.8, 4) is 27.6 Å². The number of thioether (sulfide) groups is 1. The molecule has 24 heavy (non-hydrogen) atoms. The van der Waals surface area contributed by atoms with E-state index in [1.165, 1.54) is 9.77 Å². The van der Waals surface area contributed by atoms with Gasteiger partial charge in [0.25, 0.3) is 0 Å². The van der Waals surface area contributed by atoms with Crippen molar-refractivity contribution >= 4 is 40.4 Å². The first kappa shape index (κ1) is 16.8. The van der Waals surface area contributed by atoms with Crippen LogP contribution in [-0.2, 0) is 0 Å². The molecule has 3 nitrogen and oxygen atoms in total. The van der Waals surface area contributed by atoms with Crippen LogP contribution in [0.25, 0.3) is 21.6 Å². The lowest BCUT2D eigenvalue weighted by Crippen LogP contribution is -1.95. The molecule has 0 saturated heterocycles. The monoisotopic (exact) mass is 371 g/mol. The fourth-order valence-electron chi connectivity index (χ4n) is 2.56. The fraction of sp³-hybridized carbons (Fsp3) is 0.111. The highest BCUT2D eigenvalue weighted by atomic mass is 32.2. The van der Waals surface area contributed by atoms with Crippen LogP contribution in [0.3, 0.4) is 0 Å². The average molecular weight is 372 g/mol. The van der Waals surface area contributed by atoms with Crippen LogP contribution in [0, 0.1) is 18.3 Å². The van der Waals surface area contributed by atoms with Gasteiger partial charge in [0.15, 0.2) is 0 Å². The van der Waals surface area contributed by atoms with E-state index in [4.69, 9.17) is 0 Å². The summed E-state index contributed by atoms with van der Waals surface area (Å²) in [7, 11) is 0. The van der Waals surface area contributed by atoms with Gasteiger partial charge in [-0.15, -0.1) is 34.4 Å². The van der Waals surface area contributed by atoms with Crippen molar-refractivity contribution in [2.45, 2.75) is 11.8 Å². The number of hydrogen-bond donors (Lipinski definition) is 1. The second-order valence-corrected chi connectivity index (χ2v) is 8.04. The molecule has 0 aliphatic heterocycles. The van der Waals surface area contributed by atoms with Gasteiger partial charge >= 0.3 is 5.97 Å². The largest absolute Gasteiger partial charge is 0.477 e. The molecule has 0 unspecified atom stereocenters. The Morgan fingerprint density at radius 2 is 1.88 bits per heavy atom. The van der Waals surface area contributed by atoms with E-state index >= 15 is 0 Å². The minimum Gasteiger partial charge on any atom is -0.477 e. The highest BCUT2D eigenvalue weighted by Gasteiger charge is 2.22. The highest BCUT2D eigenvalue weighted by molar-refractivity contribution is 7.98. The third kappa shape index (κ3) is 2.86. The zero-order valence-electron chi connectivity index (χ0n) is 13.0. The maximum absolute atomic E-state index is 11.5. The van der Waals surface area contributed by atoms with Gasteiger partial charge in [0.05, 0.1) is 5.56 Å². The molecule has 0 amide bonds. The average Bonchev–Trinajstić information content (AvgIpc) is 3.18. The van der Waals surface area contributed by atoms with Crippen molar-refractivity contribution in [2.24, 2.45) is 0 Å². The molecule has 0 saturated carbocycles. The molecule has 0 spiro atoms. The normalized spacial score (nSPS) is 10.5. The molecule has 3 aromatic rings. The molecule has 1 N–H and O–H groups in total. The Hall–Kier alpha value is -2.07. The summed E-state index contributed by atoms with van der Waals surface area (Å²) in [5.41, 5.74) is 2.83. The smallest absolute Gasteiger partial charge is 0.346 e. The van der Waals surface area contributed by atoms with Crippen LogP contribution >= 0.6 is 34.4 Å². The second-order valence-electron chi connectivity index (χ2n) is 5.05. The van der Waals surface area contributed by atoms with Gasteiger partial charge in [-0.25, -0.2) is 4.79 Å². The molecule has 3 rings (SSSR count). The second kappa shape index (κ2) is 6.81. The molecule has 0 atom stereocenters. The van der Waals surface area contributed by atoms with Gasteiger partial charge in [-0.1, -0.05) is 24.3 Å². The quantitative estimate of drug-likeness (QED) is 0.594. The van der Waals surface area contributed by atoms with Gasteiger partial charge in [0, 0.05) is 20.2 Å². The van der Waals surface area contributed by atoms with E-state index in [0.29, 0.717) is 11.1 Å². The predicted octanol–water partition coefficient (Wildman–Crippen LogP) is 5.74. The fourth-order valence-corrected chi connectivity index (χ4v) is 5.31. The van der Waals surface area contributed by atoms with E-state index in [-0.39, 0.29) is 4.88 Å². The highest BCUT2D eigenvalue weighted by Crippen LogP contribution is 2.39. The molecule has 6 heteroatoms. The first-order valence-electron chi connectivity index (χ1n) is 7.06. The Labute approximate surface area is 152 Å². The molecule has 0 aliphatic carbocycles. The van der Waals surface area contributed by atoms with Gasteiger partial charge < -0.3 is 5.11 Å². The molecule has 1 aromatic carbocycles. The first-order chi connectivity index (χ1) is 11.6. The van der Waals surface area contributed by atoms with Crippen LogP contribution in [0.2, 0.25) is 0 Å². The number of hydrogen-bond acceptors (Lipinski definition) is 5. The summed E-state index contributed by atoms with van der Waals surface area (Å²) in [5.74, 6) is -0.994. The number of benzene rings is 1. The van der Waals surface area contributed by atoms with Crippen LogP contribution in [0.15, 0.2) is 40.6 Å². The zero-order valence-corrected chi connectivity index (χ0v) is 15.4. The summed E-state index contributed by atoms with van der Waals surface area (Å²) in [6.07, 6.45) is 2.05. The van der Waals surface area contributed by atoms with Crippen molar-refractivity contribution < 1.29 is 9.90 Å². The topological polar surface area (TPSA) is 61.1 Å². The van der Waals surface area contributed by atoms with Crippen molar-refractivity contribution in [1.29, 1.82) is 5.26 Å². The maximum Gasteiger partial charge on any atom is 0.346 e. The van der Waals surface area contributed by atoms with E-state index in [9.17, 15) is 15.2 Å². The molecule has 0 fully saturated rings. The maximum atomic E-state index is 11.5. The molecule has 0 aliphatic rings. The molecule has 0 radical (unpaired) electrons. The number of carbonyl (C=O) groups is 1. The van der Waals surface area contributed by atoms with Crippen LogP contribution in [0.4, 0.5) is 0 Å². The molecule has 120 valence electrons. The van der Waals surface area contributed by atoms with Gasteiger partial charge in [0.2, 0.25) is 0 Å². The SMILES string of the molecule is CSc1ccsc1-c1ccc(-c2c(C(=O)O)sc(C)c2C#N)cc1. The van der Waals surface area contributed by atoms with Gasteiger partial charge in [-0.3, -0.25) is 0 Å². The van der Waals surface area contributed by atoms with Gasteiger partial charge in [-0.05, 0) is 35.8 Å². The molecular formula is C18H13NO2S3. The summed E-state index contributed by atoms with van der Waals surface area (Å²) in [6, 6.07) is 12.0. The van der Waals surface area contributed by atoms with Crippen LogP contribution in [-0.4, -0.2) is 17.3 Å². The van der Waals surface area contributed by atoms with Crippen LogP contribution < -0.4 is 0 Å². The van der Waals surface area contributed by atoms with Crippen molar-refractivity contribution in [1.82, 2.24) is 0 Å². The number of carboxylic acid groups (broad SMARTS) is 1. The zero-order chi connectivity index (χ0) is 17.3. The lowest BCUT2D eigenvalue weighted by atomic mass is 9.99. The minimum atomic E-state index is -0.994. The number of rotatable bonds is 4. The third-order valence-corrected chi connectivity index (χ3v) is 6.64. The number of thiophene rings is 2. The van der Waals surface area contributed by atoms with Gasteiger partial charge in [0.1, 0.15) is 10.9 Å². The Bertz CT molecular complexity index is 946. The van der Waals surface area contributed by atoms with Crippen molar-refractivity contribution in [3.63, 3.8) is 0 Å². The number of aromatic carboxylic acids is 1. The Morgan fingerprint density at radius 3 is 2.46 bits per heavy atom. The standard InChI is InChI=1S/C18H13NO2S3/c1-10-13(9-19)15(17(24-10)18(20)21)11-3-5-12(6-4-11)16-14(22-2)7-8-23-16/h3-8H,1-2H3,(H,20,21). The molecule has 2 heterocycles. The van der Waals surface area contributed by atoms with Crippen molar-refractivity contribution in [3.05, 3.63) is 51.0 Å². The number of nitrogens with zero attached hydrogens (tertiary/aromatic N) is 1. The van der Waals surface area contributed by atoms with E-state index in [2.05, 4.69) is 17.5 Å². The summed E-state index contributed by atoms with van der Waals surface area (Å²) < 4.78 is 0. The predicted molar refractivity (Wildman–Crippen MR) is 101 cm³/mol. The van der Waals surface area contributed by atoms with E-state index in [0.717, 1.165) is 27.3 Å². The van der Waals surface area contributed by atoms with Crippen LogP contribution in [0.1, 0.15) is 20.1 Å². The summed E-state index contributed by atoms with van der Waals surface area (Å²) >= 11 is 4.54. The molecular weight excluding hydrogens is 358 g/mol. The Kier molecular flexibility index (Phi) is 4.76. The van der Waals surface area contributed by atoms with Crippen molar-refractivity contribution in [2.75, 3.05) is 6.26 Å². The van der Waals surface area contributed by atoms with Gasteiger partial charge in [-0.2, -0.15) is 5.26 Å². The lowest BCUT2D eigenvalue weighted by Gasteiger charge is -2.05. The van der Waals surface area contributed by atoms with E-state index < -0.39 is 5.97 Å². The number of aryl methyl sites for hydroxylation is 1. The Morgan fingerprint density at radius 1 is 1.21 bits per heavy atom. The van der Waals surface area contributed by atoms with E-state index in [1.54, 1.807) is 30.0 Å². The number of carboxylic acids is 1. The van der Waals surface area contributed by atoms with E-state index in [1.807, 2.05) is 30.5 Å².